The summed E-state index contributed by atoms with van der Waals surface area (Å²) in [5.41, 5.74) is 1.81. The van der Waals surface area contributed by atoms with Crippen molar-refractivity contribution in [1.82, 2.24) is 14.9 Å². The van der Waals surface area contributed by atoms with Gasteiger partial charge in [-0.3, -0.25) is 9.59 Å². The molecule has 0 aliphatic carbocycles. The molecule has 0 radical (unpaired) electrons. The highest BCUT2D eigenvalue weighted by molar-refractivity contribution is 7.89. The normalized spacial score (nSPS) is 12.2. The number of benzene rings is 2. The van der Waals surface area contributed by atoms with E-state index in [1.165, 1.54) is 0 Å². The van der Waals surface area contributed by atoms with Crippen LogP contribution in [0, 0.1) is 0 Å². The fourth-order valence-corrected chi connectivity index (χ4v) is 4.30. The molecule has 0 saturated heterocycles. The topological polar surface area (TPSA) is 95.6 Å². The number of nitrogens with one attached hydrogen (secondary N) is 2. The van der Waals surface area contributed by atoms with Crippen LogP contribution in [0.5, 0.6) is 0 Å². The molecule has 7 nitrogen and oxygen atoms in total. The van der Waals surface area contributed by atoms with Gasteiger partial charge in [0.25, 0.3) is 0 Å². The van der Waals surface area contributed by atoms with Crippen molar-refractivity contribution in [1.29, 1.82) is 0 Å². The Bertz CT molecular complexity index is 976. The van der Waals surface area contributed by atoms with E-state index in [2.05, 4.69) is 10.0 Å². The molecular weight excluding hydrogens is 426 g/mol. The lowest BCUT2D eigenvalue weighted by molar-refractivity contribution is -0.140. The van der Waals surface area contributed by atoms with E-state index >= 15 is 0 Å². The summed E-state index contributed by atoms with van der Waals surface area (Å²) in [6, 6.07) is 15.5. The van der Waals surface area contributed by atoms with Crippen LogP contribution in [0.2, 0.25) is 0 Å². The van der Waals surface area contributed by atoms with Gasteiger partial charge in [-0.1, -0.05) is 56.3 Å². The van der Waals surface area contributed by atoms with Crippen LogP contribution >= 0.6 is 0 Å². The first kappa shape index (κ1) is 25.5. The number of nitrogens with zero attached hydrogens (tertiary/aromatic N) is 1. The Morgan fingerprint density at radius 2 is 1.62 bits per heavy atom. The molecule has 0 heterocycles. The predicted molar refractivity (Wildman–Crippen MR) is 125 cm³/mol. The lowest BCUT2D eigenvalue weighted by atomic mass is 10.1. The third kappa shape index (κ3) is 7.46. The molecule has 174 valence electrons. The molecule has 0 saturated carbocycles. The highest BCUT2D eigenvalue weighted by atomic mass is 32.2. The first-order valence-electron chi connectivity index (χ1n) is 11.0. The zero-order valence-corrected chi connectivity index (χ0v) is 19.8. The van der Waals surface area contributed by atoms with Crippen molar-refractivity contribution < 1.29 is 18.0 Å². The predicted octanol–water partition coefficient (Wildman–Crippen LogP) is 2.86. The Morgan fingerprint density at radius 3 is 2.22 bits per heavy atom. The number of aryl methyl sites for hydroxylation is 1. The van der Waals surface area contributed by atoms with Crippen LogP contribution in [-0.4, -0.2) is 44.3 Å². The van der Waals surface area contributed by atoms with Crippen molar-refractivity contribution in [3.05, 3.63) is 65.7 Å². The third-order valence-electron chi connectivity index (χ3n) is 5.11. The monoisotopic (exact) mass is 459 g/mol. The summed E-state index contributed by atoms with van der Waals surface area (Å²) in [6.07, 6.45) is 1.50. The van der Waals surface area contributed by atoms with E-state index in [0.717, 1.165) is 17.5 Å². The van der Waals surface area contributed by atoms with Crippen LogP contribution in [-0.2, 0) is 32.6 Å². The second kappa shape index (κ2) is 12.4. The van der Waals surface area contributed by atoms with Gasteiger partial charge in [0, 0.05) is 26.1 Å². The highest BCUT2D eigenvalue weighted by Gasteiger charge is 2.25. The maximum atomic E-state index is 13.1. The van der Waals surface area contributed by atoms with Gasteiger partial charge in [0.05, 0.1) is 4.90 Å². The van der Waals surface area contributed by atoms with Crippen molar-refractivity contribution >= 4 is 21.8 Å². The van der Waals surface area contributed by atoms with E-state index in [9.17, 15) is 18.0 Å². The van der Waals surface area contributed by atoms with E-state index in [4.69, 9.17) is 0 Å². The van der Waals surface area contributed by atoms with E-state index in [-0.39, 0.29) is 23.1 Å². The summed E-state index contributed by atoms with van der Waals surface area (Å²) in [5.74, 6) is -0.300. The molecule has 2 amide bonds. The molecule has 8 heteroatoms. The summed E-state index contributed by atoms with van der Waals surface area (Å²) in [7, 11) is -3.50. The third-order valence-corrected chi connectivity index (χ3v) is 6.67. The van der Waals surface area contributed by atoms with Gasteiger partial charge in [-0.2, -0.15) is 0 Å². The maximum absolute atomic E-state index is 13.1. The molecule has 0 spiro atoms. The fourth-order valence-electron chi connectivity index (χ4n) is 3.26. The summed E-state index contributed by atoms with van der Waals surface area (Å²) >= 11 is 0. The largest absolute Gasteiger partial charge is 0.354 e. The second-order valence-electron chi connectivity index (χ2n) is 7.62. The first-order valence-corrected chi connectivity index (χ1v) is 12.5. The van der Waals surface area contributed by atoms with Crippen LogP contribution in [0.4, 0.5) is 0 Å². The number of amides is 2. The minimum atomic E-state index is -3.50. The Balaban J connectivity index is 2.09. The minimum Gasteiger partial charge on any atom is -0.354 e. The number of sulfonamides is 1. The van der Waals surface area contributed by atoms with Gasteiger partial charge in [0.15, 0.2) is 0 Å². The number of carbonyl (C=O) groups excluding carboxylic acids is 2. The molecule has 2 aromatic rings. The van der Waals surface area contributed by atoms with Gasteiger partial charge in [-0.15, -0.1) is 0 Å². The van der Waals surface area contributed by atoms with Gasteiger partial charge in [-0.05, 0) is 43.0 Å². The standard InChI is InChI=1S/C24H33N3O4S/c1-4-17-25-24(29)19(3)27(18-21-9-7-6-8-10-21)23(28)16-13-20-11-14-22(15-12-20)32(30,31)26-5-2/h6-12,14-15,19,26H,4-5,13,16-18H2,1-3H3,(H,25,29). The zero-order valence-electron chi connectivity index (χ0n) is 19.0. The molecule has 1 atom stereocenters. The smallest absolute Gasteiger partial charge is 0.242 e. The lowest BCUT2D eigenvalue weighted by Crippen LogP contribution is -2.47. The Labute approximate surface area is 191 Å². The average molecular weight is 460 g/mol. The summed E-state index contributed by atoms with van der Waals surface area (Å²) in [5, 5.41) is 2.86. The zero-order chi connectivity index (χ0) is 23.6. The van der Waals surface area contributed by atoms with E-state index in [0.29, 0.717) is 26.1 Å². The molecule has 0 aliphatic heterocycles. The molecular formula is C24H33N3O4S. The number of hydrogen-bond acceptors (Lipinski definition) is 4. The summed E-state index contributed by atoms with van der Waals surface area (Å²) < 4.78 is 26.6. The Hall–Kier alpha value is -2.71. The lowest BCUT2D eigenvalue weighted by Gasteiger charge is -2.29. The van der Waals surface area contributed by atoms with Crippen molar-refractivity contribution in [3.63, 3.8) is 0 Å². The average Bonchev–Trinajstić information content (AvgIpc) is 2.80. The van der Waals surface area contributed by atoms with Crippen LogP contribution in [0.15, 0.2) is 59.5 Å². The van der Waals surface area contributed by atoms with Crippen LogP contribution < -0.4 is 10.0 Å². The first-order chi connectivity index (χ1) is 15.3. The van der Waals surface area contributed by atoms with Crippen LogP contribution in [0.1, 0.15) is 44.7 Å². The molecule has 1 unspecified atom stereocenters. The van der Waals surface area contributed by atoms with Crippen molar-refractivity contribution in [2.24, 2.45) is 0 Å². The van der Waals surface area contributed by atoms with Gasteiger partial charge in [0.2, 0.25) is 21.8 Å². The Kier molecular flexibility index (Phi) is 9.87. The summed E-state index contributed by atoms with van der Waals surface area (Å²) in [6.45, 7) is 6.68. The van der Waals surface area contributed by atoms with Gasteiger partial charge < -0.3 is 10.2 Å². The molecule has 0 aromatic heterocycles. The molecule has 2 aromatic carbocycles. The van der Waals surface area contributed by atoms with Crippen molar-refractivity contribution in [2.75, 3.05) is 13.1 Å². The van der Waals surface area contributed by atoms with Gasteiger partial charge >= 0.3 is 0 Å². The van der Waals surface area contributed by atoms with Gasteiger partial charge in [-0.25, -0.2) is 13.1 Å². The fraction of sp³-hybridized carbons (Fsp3) is 0.417. The molecule has 0 aliphatic rings. The molecule has 2 N–H and O–H groups in total. The maximum Gasteiger partial charge on any atom is 0.242 e. The number of hydrogen-bond donors (Lipinski definition) is 2. The van der Waals surface area contributed by atoms with Gasteiger partial charge in [0.1, 0.15) is 6.04 Å². The van der Waals surface area contributed by atoms with Crippen molar-refractivity contribution in [2.45, 2.75) is 57.5 Å². The van der Waals surface area contributed by atoms with E-state index in [1.807, 2.05) is 37.3 Å². The van der Waals surface area contributed by atoms with E-state index < -0.39 is 16.1 Å². The highest BCUT2D eigenvalue weighted by Crippen LogP contribution is 2.15. The quantitative estimate of drug-likeness (QED) is 0.510. The number of rotatable bonds is 12. The Morgan fingerprint density at radius 1 is 0.969 bits per heavy atom. The molecule has 0 bridgehead atoms. The molecule has 0 fully saturated rings. The second-order valence-corrected chi connectivity index (χ2v) is 9.39. The molecule has 32 heavy (non-hydrogen) atoms. The minimum absolute atomic E-state index is 0.127. The molecule has 2 rings (SSSR count). The van der Waals surface area contributed by atoms with Crippen molar-refractivity contribution in [3.8, 4) is 0 Å². The van der Waals surface area contributed by atoms with Crippen LogP contribution in [0.3, 0.4) is 0 Å². The van der Waals surface area contributed by atoms with Crippen LogP contribution in [0.25, 0.3) is 0 Å². The SMILES string of the molecule is CCCNC(=O)C(C)N(Cc1ccccc1)C(=O)CCc1ccc(S(=O)(=O)NCC)cc1. The number of carbonyl (C=O) groups is 2. The summed E-state index contributed by atoms with van der Waals surface area (Å²) in [4.78, 5) is 27.4. The van der Waals surface area contributed by atoms with E-state index in [1.54, 1.807) is 43.0 Å².